The summed E-state index contributed by atoms with van der Waals surface area (Å²) in [6, 6.07) is 8.25. The van der Waals surface area contributed by atoms with Crippen LogP contribution >= 0.6 is 23.1 Å². The van der Waals surface area contributed by atoms with Gasteiger partial charge in [0.15, 0.2) is 4.34 Å². The molecule has 1 fully saturated rings. The lowest BCUT2D eigenvalue weighted by Crippen LogP contribution is -2.44. The number of hydrogen-bond donors (Lipinski definition) is 2. The van der Waals surface area contributed by atoms with E-state index in [4.69, 9.17) is 5.73 Å². The first-order valence-corrected chi connectivity index (χ1v) is 11.1. The van der Waals surface area contributed by atoms with Gasteiger partial charge in [0.05, 0.1) is 11.7 Å². The summed E-state index contributed by atoms with van der Waals surface area (Å²) < 4.78 is 0.734. The fourth-order valence-electron chi connectivity index (χ4n) is 3.04. The molecule has 1 saturated heterocycles. The minimum Gasteiger partial charge on any atom is -0.369 e. The third-order valence-electron chi connectivity index (χ3n) is 4.73. The van der Waals surface area contributed by atoms with Crippen molar-refractivity contribution in [2.45, 2.75) is 36.9 Å². The number of nitrogens with zero attached hydrogens (tertiary/aromatic N) is 3. The van der Waals surface area contributed by atoms with E-state index in [1.807, 2.05) is 12.1 Å². The molecule has 0 bridgehead atoms. The van der Waals surface area contributed by atoms with E-state index in [9.17, 15) is 9.59 Å². The van der Waals surface area contributed by atoms with Crippen LogP contribution in [0.2, 0.25) is 0 Å². The van der Waals surface area contributed by atoms with Crippen molar-refractivity contribution in [3.63, 3.8) is 0 Å². The molecule has 3 N–H and O–H groups in total. The van der Waals surface area contributed by atoms with Crippen molar-refractivity contribution in [1.82, 2.24) is 15.1 Å². The summed E-state index contributed by atoms with van der Waals surface area (Å²) in [4.78, 5) is 25.5. The van der Waals surface area contributed by atoms with Crippen LogP contribution in [0.5, 0.6) is 0 Å². The molecule has 1 aromatic heterocycles. The molecule has 2 amide bonds. The maximum absolute atomic E-state index is 12.4. The van der Waals surface area contributed by atoms with Gasteiger partial charge in [-0.2, -0.15) is 0 Å². The van der Waals surface area contributed by atoms with Gasteiger partial charge in [0.1, 0.15) is 0 Å². The Morgan fingerprint density at radius 2 is 2.07 bits per heavy atom. The highest BCUT2D eigenvalue weighted by atomic mass is 32.2. The van der Waals surface area contributed by atoms with Crippen molar-refractivity contribution >= 4 is 45.7 Å². The van der Waals surface area contributed by atoms with Crippen molar-refractivity contribution in [2.75, 3.05) is 24.2 Å². The van der Waals surface area contributed by atoms with Crippen molar-refractivity contribution in [3.05, 3.63) is 29.8 Å². The Balaban J connectivity index is 1.50. The lowest BCUT2D eigenvalue weighted by atomic mass is 9.97. The zero-order valence-corrected chi connectivity index (χ0v) is 17.7. The van der Waals surface area contributed by atoms with Crippen molar-refractivity contribution in [2.24, 2.45) is 11.7 Å². The smallest absolute Gasteiger partial charge is 0.233 e. The van der Waals surface area contributed by atoms with Gasteiger partial charge in [0, 0.05) is 18.8 Å². The first-order chi connectivity index (χ1) is 13.4. The largest absolute Gasteiger partial charge is 0.369 e. The molecule has 1 atom stereocenters. The second-order valence-electron chi connectivity index (χ2n) is 7.14. The molecular formula is C19H25N5O2S2. The van der Waals surface area contributed by atoms with Crippen LogP contribution in [0.25, 0.3) is 0 Å². The number of nitrogens with two attached hydrogens (primary N) is 1. The van der Waals surface area contributed by atoms with E-state index in [0.717, 1.165) is 22.9 Å². The second kappa shape index (κ2) is 9.38. The summed E-state index contributed by atoms with van der Waals surface area (Å²) in [5.74, 6) is 0.219. The summed E-state index contributed by atoms with van der Waals surface area (Å²) in [6.45, 7) is 5.42. The number of rotatable bonds is 7. The van der Waals surface area contributed by atoms with Crippen LogP contribution in [0, 0.1) is 5.92 Å². The van der Waals surface area contributed by atoms with Crippen LogP contribution in [-0.2, 0) is 9.59 Å². The maximum Gasteiger partial charge on any atom is 0.233 e. The Kier molecular flexibility index (Phi) is 6.90. The predicted molar refractivity (Wildman–Crippen MR) is 113 cm³/mol. The zero-order chi connectivity index (χ0) is 20.1. The van der Waals surface area contributed by atoms with Crippen LogP contribution in [-0.4, -0.2) is 45.8 Å². The monoisotopic (exact) mass is 419 g/mol. The van der Waals surface area contributed by atoms with Gasteiger partial charge in [-0.15, -0.1) is 10.2 Å². The topological polar surface area (TPSA) is 101 Å². The first-order valence-electron chi connectivity index (χ1n) is 9.32. The van der Waals surface area contributed by atoms with Gasteiger partial charge in [-0.1, -0.05) is 49.1 Å². The fourth-order valence-corrected chi connectivity index (χ4v) is 4.72. The summed E-state index contributed by atoms with van der Waals surface area (Å²) in [5, 5.41) is 12.2. The average Bonchev–Trinajstić information content (AvgIpc) is 3.14. The van der Waals surface area contributed by atoms with Crippen LogP contribution in [0.1, 0.15) is 38.2 Å². The molecule has 150 valence electrons. The Morgan fingerprint density at radius 1 is 1.32 bits per heavy atom. The quantitative estimate of drug-likeness (QED) is 0.668. The van der Waals surface area contributed by atoms with Crippen LogP contribution in [0.4, 0.5) is 10.8 Å². The number of thioether (sulfide) groups is 1. The van der Waals surface area contributed by atoms with Gasteiger partial charge < -0.3 is 16.0 Å². The molecule has 1 aromatic carbocycles. The number of anilines is 2. The van der Waals surface area contributed by atoms with Crippen LogP contribution in [0.3, 0.4) is 0 Å². The van der Waals surface area contributed by atoms with E-state index < -0.39 is 0 Å². The van der Waals surface area contributed by atoms with E-state index in [0.29, 0.717) is 24.1 Å². The lowest BCUT2D eigenvalue weighted by Gasteiger charge is -2.31. The van der Waals surface area contributed by atoms with E-state index in [2.05, 4.69) is 41.5 Å². The Hall–Kier alpha value is -2.13. The number of piperidine rings is 1. The number of likely N-dealkylation sites (tertiary alicyclic amines) is 1. The molecule has 0 saturated carbocycles. The molecule has 0 radical (unpaired) electrons. The molecule has 28 heavy (non-hydrogen) atoms. The second-order valence-corrected chi connectivity index (χ2v) is 9.34. The molecule has 2 aromatic rings. The number of primary amides is 1. The summed E-state index contributed by atoms with van der Waals surface area (Å²) in [5.41, 5.74) is 7.62. The number of amides is 2. The van der Waals surface area contributed by atoms with Crippen molar-refractivity contribution < 1.29 is 9.59 Å². The van der Waals surface area contributed by atoms with E-state index >= 15 is 0 Å². The van der Waals surface area contributed by atoms with Crippen molar-refractivity contribution in [1.29, 1.82) is 0 Å². The molecule has 1 aliphatic rings. The number of nitrogens with one attached hydrogen (secondary N) is 1. The normalized spacial score (nSPS) is 17.0. The molecule has 7 nitrogen and oxygen atoms in total. The third-order valence-corrected chi connectivity index (χ3v) is 6.69. The highest BCUT2D eigenvalue weighted by Crippen LogP contribution is 2.29. The molecule has 1 aliphatic heterocycles. The molecule has 9 heteroatoms. The Morgan fingerprint density at radius 3 is 2.75 bits per heavy atom. The number of carbonyl (C=O) groups excluding carboxylic acids is 2. The predicted octanol–water partition coefficient (Wildman–Crippen LogP) is 3.22. The number of aromatic nitrogens is 2. The molecule has 2 heterocycles. The third kappa shape index (κ3) is 5.45. The first kappa shape index (κ1) is 20.6. The van der Waals surface area contributed by atoms with Gasteiger partial charge >= 0.3 is 0 Å². The zero-order valence-electron chi connectivity index (χ0n) is 16.1. The van der Waals surface area contributed by atoms with Gasteiger partial charge in [0.25, 0.3) is 0 Å². The fraction of sp³-hybridized carbons (Fsp3) is 0.474. The number of hydrogen-bond acceptors (Lipinski definition) is 7. The summed E-state index contributed by atoms with van der Waals surface area (Å²) in [6.07, 6.45) is 1.57. The SMILES string of the molecule is CC(C)c1ccc(Nc2nnc(SCC(=O)N3CCC[C@H](C(N)=O)C3)s2)cc1. The maximum atomic E-state index is 12.4. The molecule has 0 spiro atoms. The highest BCUT2D eigenvalue weighted by Gasteiger charge is 2.27. The van der Waals surface area contributed by atoms with Gasteiger partial charge in [-0.3, -0.25) is 9.59 Å². The highest BCUT2D eigenvalue weighted by molar-refractivity contribution is 8.01. The van der Waals surface area contributed by atoms with Crippen molar-refractivity contribution in [3.8, 4) is 0 Å². The molecule has 0 unspecified atom stereocenters. The van der Waals surface area contributed by atoms with E-state index in [1.165, 1.54) is 28.7 Å². The standard InChI is InChI=1S/C19H25N5O2S2/c1-12(2)13-5-7-15(8-6-13)21-18-22-23-19(28-18)27-11-16(25)24-9-3-4-14(10-24)17(20)26/h5-8,12,14H,3-4,9-11H2,1-2H3,(H2,20,26)(H,21,22)/t14-/m0/s1. The lowest BCUT2D eigenvalue weighted by molar-refractivity contribution is -0.132. The minimum atomic E-state index is -0.327. The Labute approximate surface area is 173 Å². The number of carbonyl (C=O) groups is 2. The Bertz CT molecular complexity index is 822. The summed E-state index contributed by atoms with van der Waals surface area (Å²) in [7, 11) is 0. The van der Waals surface area contributed by atoms with Crippen LogP contribution < -0.4 is 11.1 Å². The average molecular weight is 420 g/mol. The minimum absolute atomic E-state index is 0.00457. The molecule has 0 aliphatic carbocycles. The van der Waals surface area contributed by atoms with Gasteiger partial charge in [0.2, 0.25) is 16.9 Å². The summed E-state index contributed by atoms with van der Waals surface area (Å²) >= 11 is 2.78. The molecule has 3 rings (SSSR count). The van der Waals surface area contributed by atoms with Gasteiger partial charge in [-0.05, 0) is 36.5 Å². The van der Waals surface area contributed by atoms with Gasteiger partial charge in [-0.25, -0.2) is 0 Å². The number of benzene rings is 1. The van der Waals surface area contributed by atoms with E-state index in [1.54, 1.807) is 4.90 Å². The van der Waals surface area contributed by atoms with Crippen LogP contribution in [0.15, 0.2) is 28.6 Å². The van der Waals surface area contributed by atoms with E-state index in [-0.39, 0.29) is 23.5 Å². The molecular weight excluding hydrogens is 394 g/mol.